The minimum absolute atomic E-state index is 0.136. The lowest BCUT2D eigenvalue weighted by atomic mass is 9.45. The molecule has 7 atom stereocenters. The topological polar surface area (TPSA) is 37.3 Å². The number of carbonyl (C=O) groups is 1. The maximum absolute atomic E-state index is 14.7. The molecule has 4 aliphatic rings. The summed E-state index contributed by atoms with van der Waals surface area (Å²) in [5.41, 5.74) is -0.424. The first kappa shape index (κ1) is 15.1. The highest BCUT2D eigenvalue weighted by molar-refractivity contribution is 5.82. The Morgan fingerprint density at radius 1 is 1.05 bits per heavy atom. The van der Waals surface area contributed by atoms with Gasteiger partial charge in [-0.1, -0.05) is 13.8 Å². The largest absolute Gasteiger partial charge is 0.361 e. The summed E-state index contributed by atoms with van der Waals surface area (Å²) in [6.07, 6.45) is 7.91. The third-order valence-electron chi connectivity index (χ3n) is 8.45. The van der Waals surface area contributed by atoms with E-state index in [-0.39, 0.29) is 11.3 Å². The van der Waals surface area contributed by atoms with Crippen LogP contribution in [-0.2, 0) is 4.79 Å². The number of fused-ring (bicyclic) bond motifs is 5. The molecule has 0 aromatic rings. The Labute approximate surface area is 132 Å². The molecule has 0 aromatic carbocycles. The van der Waals surface area contributed by atoms with E-state index >= 15 is 0 Å². The monoisotopic (exact) mass is 308 g/mol. The van der Waals surface area contributed by atoms with Gasteiger partial charge >= 0.3 is 0 Å². The quantitative estimate of drug-likeness (QED) is 0.726. The Kier molecular flexibility index (Phi) is 3.13. The van der Waals surface area contributed by atoms with E-state index in [1.54, 1.807) is 0 Å². The molecular formula is C19H29FO2. The van der Waals surface area contributed by atoms with Crippen LogP contribution in [0.2, 0.25) is 0 Å². The third-order valence-corrected chi connectivity index (χ3v) is 8.45. The highest BCUT2D eigenvalue weighted by Gasteiger charge is 2.65. The molecular weight excluding hydrogens is 279 g/mol. The van der Waals surface area contributed by atoms with E-state index in [1.807, 2.05) is 6.92 Å². The first-order valence-electron chi connectivity index (χ1n) is 9.24. The van der Waals surface area contributed by atoms with Gasteiger partial charge in [-0.05, 0) is 68.1 Å². The van der Waals surface area contributed by atoms with Crippen LogP contribution in [0.4, 0.5) is 4.39 Å². The standard InChI is InChI=1S/C19H29FO2/c1-17-9-3-4-16(21)15(17)6-5-12-13(17)7-10-18(2)14(12)8-11-19(18,20)22/h12-15,22H,3-11H2,1-2H3/t12-,13-,14+,15?,17-,18+,19?/m1/s1. The van der Waals surface area contributed by atoms with Crippen molar-refractivity contribution in [3.63, 3.8) is 0 Å². The predicted molar refractivity (Wildman–Crippen MR) is 82.8 cm³/mol. The number of hydrogen-bond acceptors (Lipinski definition) is 2. The van der Waals surface area contributed by atoms with Gasteiger partial charge in [0.25, 0.3) is 0 Å². The fourth-order valence-electron chi connectivity index (χ4n) is 7.12. The third kappa shape index (κ3) is 1.72. The Hall–Kier alpha value is -0.440. The number of aliphatic hydroxyl groups is 1. The van der Waals surface area contributed by atoms with E-state index in [0.29, 0.717) is 30.0 Å². The van der Waals surface area contributed by atoms with Crippen molar-refractivity contribution in [2.45, 2.75) is 77.5 Å². The minimum Gasteiger partial charge on any atom is -0.361 e. The van der Waals surface area contributed by atoms with Crippen molar-refractivity contribution >= 4 is 5.78 Å². The van der Waals surface area contributed by atoms with Crippen molar-refractivity contribution in [1.29, 1.82) is 0 Å². The Balaban J connectivity index is 1.67. The summed E-state index contributed by atoms with van der Waals surface area (Å²) in [6.45, 7) is 4.31. The average Bonchev–Trinajstić information content (AvgIpc) is 2.69. The van der Waals surface area contributed by atoms with Crippen LogP contribution in [0.15, 0.2) is 0 Å². The van der Waals surface area contributed by atoms with Gasteiger partial charge in [-0.15, -0.1) is 0 Å². The molecule has 0 saturated heterocycles. The Morgan fingerprint density at radius 2 is 1.77 bits per heavy atom. The first-order valence-corrected chi connectivity index (χ1v) is 9.24. The van der Waals surface area contributed by atoms with E-state index in [2.05, 4.69) is 6.92 Å². The fraction of sp³-hybridized carbons (Fsp3) is 0.947. The van der Waals surface area contributed by atoms with Crippen molar-refractivity contribution in [1.82, 2.24) is 0 Å². The zero-order valence-electron chi connectivity index (χ0n) is 13.9. The summed E-state index contributed by atoms with van der Waals surface area (Å²) in [4.78, 5) is 12.4. The molecule has 0 bridgehead atoms. The summed E-state index contributed by atoms with van der Waals surface area (Å²) in [5.74, 6) is 0.114. The molecule has 0 radical (unpaired) electrons. The second kappa shape index (κ2) is 4.55. The van der Waals surface area contributed by atoms with Crippen molar-refractivity contribution in [3.05, 3.63) is 0 Å². The fourth-order valence-corrected chi connectivity index (χ4v) is 7.12. The summed E-state index contributed by atoms with van der Waals surface area (Å²) < 4.78 is 14.7. The maximum Gasteiger partial charge on any atom is 0.212 e. The van der Waals surface area contributed by atoms with E-state index in [0.717, 1.165) is 51.4 Å². The number of Topliss-reactive ketones (excluding diaryl/α,β-unsaturated/α-hetero) is 1. The number of carbonyl (C=O) groups excluding carboxylic acids is 1. The van der Waals surface area contributed by atoms with Gasteiger partial charge in [0.1, 0.15) is 5.78 Å². The van der Waals surface area contributed by atoms with Crippen LogP contribution in [0.1, 0.15) is 71.6 Å². The number of hydrogen-bond donors (Lipinski definition) is 1. The van der Waals surface area contributed by atoms with E-state index in [4.69, 9.17) is 0 Å². The lowest BCUT2D eigenvalue weighted by Crippen LogP contribution is -2.56. The second-order valence-electron chi connectivity index (χ2n) is 9.09. The number of halogens is 1. The molecule has 3 heteroatoms. The molecule has 0 amide bonds. The molecule has 4 rings (SSSR count). The number of alkyl halides is 1. The molecule has 4 aliphatic carbocycles. The Morgan fingerprint density at radius 3 is 2.55 bits per heavy atom. The van der Waals surface area contributed by atoms with Gasteiger partial charge in [0.15, 0.2) is 0 Å². The normalized spacial score (nSPS) is 57.9. The predicted octanol–water partition coefficient (Wildman–Crippen LogP) is 4.26. The lowest BCUT2D eigenvalue weighted by molar-refractivity contribution is -0.207. The summed E-state index contributed by atoms with van der Waals surface area (Å²) >= 11 is 0. The first-order chi connectivity index (χ1) is 10.3. The zero-order valence-corrected chi connectivity index (χ0v) is 13.9. The van der Waals surface area contributed by atoms with Crippen LogP contribution in [-0.4, -0.2) is 16.7 Å². The van der Waals surface area contributed by atoms with E-state index in [1.165, 1.54) is 0 Å². The Bertz CT molecular complexity index is 502. The van der Waals surface area contributed by atoms with Gasteiger partial charge in [-0.2, -0.15) is 0 Å². The molecule has 2 nitrogen and oxygen atoms in total. The molecule has 4 fully saturated rings. The van der Waals surface area contributed by atoms with Gasteiger partial charge < -0.3 is 5.11 Å². The minimum atomic E-state index is -1.98. The average molecular weight is 308 g/mol. The van der Waals surface area contributed by atoms with Crippen LogP contribution in [0, 0.1) is 34.5 Å². The van der Waals surface area contributed by atoms with Crippen LogP contribution < -0.4 is 0 Å². The van der Waals surface area contributed by atoms with Crippen molar-refractivity contribution in [2.75, 3.05) is 0 Å². The summed E-state index contributed by atoms with van der Waals surface area (Å²) in [5, 5.41) is 10.3. The molecule has 4 saturated carbocycles. The van der Waals surface area contributed by atoms with Crippen LogP contribution in [0.3, 0.4) is 0 Å². The van der Waals surface area contributed by atoms with Gasteiger partial charge in [0.05, 0.1) is 0 Å². The SMILES string of the molecule is C[C@]12CCCC(=O)C1CC[C@@H]1[C@H]2CC[C@@]2(C)[C@H]1CCC2(O)F. The van der Waals surface area contributed by atoms with E-state index < -0.39 is 11.3 Å². The van der Waals surface area contributed by atoms with Crippen LogP contribution >= 0.6 is 0 Å². The maximum atomic E-state index is 14.7. The van der Waals surface area contributed by atoms with Crippen LogP contribution in [0.25, 0.3) is 0 Å². The van der Waals surface area contributed by atoms with Gasteiger partial charge in [-0.25, -0.2) is 4.39 Å². The van der Waals surface area contributed by atoms with Gasteiger partial charge in [0, 0.05) is 24.2 Å². The van der Waals surface area contributed by atoms with Crippen molar-refractivity contribution in [2.24, 2.45) is 34.5 Å². The highest BCUT2D eigenvalue weighted by Crippen LogP contribution is 2.68. The zero-order chi connectivity index (χ0) is 15.8. The molecule has 0 aliphatic heterocycles. The summed E-state index contributed by atoms with van der Waals surface area (Å²) in [7, 11) is 0. The van der Waals surface area contributed by atoms with Crippen molar-refractivity contribution < 1.29 is 14.3 Å². The van der Waals surface area contributed by atoms with E-state index in [9.17, 15) is 14.3 Å². The molecule has 22 heavy (non-hydrogen) atoms. The smallest absolute Gasteiger partial charge is 0.212 e. The second-order valence-corrected chi connectivity index (χ2v) is 9.09. The molecule has 0 aromatic heterocycles. The van der Waals surface area contributed by atoms with Gasteiger partial charge in [-0.3, -0.25) is 4.79 Å². The number of rotatable bonds is 0. The molecule has 124 valence electrons. The van der Waals surface area contributed by atoms with Crippen LogP contribution in [0.5, 0.6) is 0 Å². The lowest BCUT2D eigenvalue weighted by Gasteiger charge is -2.59. The molecule has 2 unspecified atom stereocenters. The molecule has 0 heterocycles. The molecule has 0 spiro atoms. The molecule has 1 N–H and O–H groups in total. The van der Waals surface area contributed by atoms with Crippen molar-refractivity contribution in [3.8, 4) is 0 Å². The highest BCUT2D eigenvalue weighted by atomic mass is 19.2. The summed E-state index contributed by atoms with van der Waals surface area (Å²) in [6, 6.07) is 0. The van der Waals surface area contributed by atoms with Gasteiger partial charge in [0.2, 0.25) is 5.85 Å². The number of ketones is 1.